The molecule has 2 amide bonds. The molecule has 0 radical (unpaired) electrons. The first-order chi connectivity index (χ1) is 7.59. The predicted octanol–water partition coefficient (Wildman–Crippen LogP) is 1.29. The van der Waals surface area contributed by atoms with E-state index in [9.17, 15) is 4.79 Å². The first kappa shape index (κ1) is 12.8. The van der Waals surface area contributed by atoms with Crippen LogP contribution in [-0.2, 0) is 0 Å². The van der Waals surface area contributed by atoms with Crippen molar-refractivity contribution in [3.8, 4) is 0 Å². The molecule has 0 aromatic heterocycles. The summed E-state index contributed by atoms with van der Waals surface area (Å²) >= 11 is 0. The van der Waals surface area contributed by atoms with Crippen molar-refractivity contribution < 1.29 is 4.79 Å². The SMILES string of the molecule is CC(CC(=N)N)NC(=O)N1CCCCCC1. The van der Waals surface area contributed by atoms with Crippen molar-refractivity contribution >= 4 is 11.9 Å². The fourth-order valence-corrected chi connectivity index (χ4v) is 1.96. The largest absolute Gasteiger partial charge is 0.388 e. The maximum atomic E-state index is 11.8. The lowest BCUT2D eigenvalue weighted by molar-refractivity contribution is 0.196. The van der Waals surface area contributed by atoms with Gasteiger partial charge in [-0.25, -0.2) is 4.79 Å². The van der Waals surface area contributed by atoms with E-state index in [2.05, 4.69) is 5.32 Å². The first-order valence-electron chi connectivity index (χ1n) is 5.98. The minimum absolute atomic E-state index is 0.0179. The van der Waals surface area contributed by atoms with Gasteiger partial charge in [-0.1, -0.05) is 12.8 Å². The van der Waals surface area contributed by atoms with Gasteiger partial charge in [-0.2, -0.15) is 0 Å². The standard InChI is InChI=1S/C11H22N4O/c1-9(8-10(12)13)14-11(16)15-6-4-2-3-5-7-15/h9H,2-8H2,1H3,(H3,12,13)(H,14,16). The summed E-state index contributed by atoms with van der Waals surface area (Å²) in [6, 6.07) is -0.0797. The predicted molar refractivity (Wildman–Crippen MR) is 64.6 cm³/mol. The van der Waals surface area contributed by atoms with Gasteiger partial charge in [-0.3, -0.25) is 5.41 Å². The van der Waals surface area contributed by atoms with Gasteiger partial charge < -0.3 is 16.0 Å². The average molecular weight is 226 g/mol. The van der Waals surface area contributed by atoms with E-state index in [0.29, 0.717) is 6.42 Å². The Morgan fingerprint density at radius 1 is 1.38 bits per heavy atom. The summed E-state index contributed by atoms with van der Waals surface area (Å²) in [6.07, 6.45) is 5.03. The smallest absolute Gasteiger partial charge is 0.317 e. The number of rotatable bonds is 3. The summed E-state index contributed by atoms with van der Waals surface area (Å²) in [7, 11) is 0. The number of carbonyl (C=O) groups excluding carboxylic acids is 1. The molecule has 16 heavy (non-hydrogen) atoms. The van der Waals surface area contributed by atoms with Gasteiger partial charge in [0.1, 0.15) is 0 Å². The van der Waals surface area contributed by atoms with Gasteiger partial charge in [0, 0.05) is 25.6 Å². The number of urea groups is 1. The summed E-state index contributed by atoms with van der Waals surface area (Å²) in [5.41, 5.74) is 5.29. The van der Waals surface area contributed by atoms with Crippen molar-refractivity contribution in [1.29, 1.82) is 5.41 Å². The van der Waals surface area contributed by atoms with Crippen LogP contribution in [0, 0.1) is 5.41 Å². The van der Waals surface area contributed by atoms with Crippen LogP contribution in [0.2, 0.25) is 0 Å². The number of nitrogens with zero attached hydrogens (tertiary/aromatic N) is 1. The maximum Gasteiger partial charge on any atom is 0.317 e. The van der Waals surface area contributed by atoms with Gasteiger partial charge in [-0.15, -0.1) is 0 Å². The molecule has 4 N–H and O–H groups in total. The molecule has 5 heteroatoms. The molecule has 92 valence electrons. The Hall–Kier alpha value is -1.26. The quantitative estimate of drug-likeness (QED) is 0.500. The van der Waals surface area contributed by atoms with Crippen molar-refractivity contribution in [3.63, 3.8) is 0 Å². The third-order valence-electron chi connectivity index (χ3n) is 2.79. The summed E-state index contributed by atoms with van der Waals surface area (Å²) in [4.78, 5) is 13.7. The van der Waals surface area contributed by atoms with E-state index in [0.717, 1.165) is 25.9 Å². The number of carbonyl (C=O) groups is 1. The Kier molecular flexibility index (Phi) is 5.08. The molecular weight excluding hydrogens is 204 g/mol. The van der Waals surface area contributed by atoms with E-state index in [1.54, 1.807) is 0 Å². The van der Waals surface area contributed by atoms with Crippen LogP contribution in [0.4, 0.5) is 4.79 Å². The number of hydrogen-bond acceptors (Lipinski definition) is 2. The van der Waals surface area contributed by atoms with E-state index in [1.165, 1.54) is 12.8 Å². The van der Waals surface area contributed by atoms with E-state index < -0.39 is 0 Å². The highest BCUT2D eigenvalue weighted by atomic mass is 16.2. The molecule has 1 saturated heterocycles. The lowest BCUT2D eigenvalue weighted by atomic mass is 10.2. The highest BCUT2D eigenvalue weighted by Gasteiger charge is 2.17. The summed E-state index contributed by atoms with van der Waals surface area (Å²) in [5, 5.41) is 10.0. The molecular formula is C11H22N4O. The van der Waals surface area contributed by atoms with Crippen LogP contribution in [0.15, 0.2) is 0 Å². The Morgan fingerprint density at radius 3 is 2.44 bits per heavy atom. The van der Waals surface area contributed by atoms with Crippen LogP contribution in [0.3, 0.4) is 0 Å². The molecule has 0 bridgehead atoms. The number of likely N-dealkylation sites (tertiary alicyclic amines) is 1. The first-order valence-corrected chi connectivity index (χ1v) is 5.98. The van der Waals surface area contributed by atoms with Gasteiger partial charge in [0.15, 0.2) is 0 Å². The maximum absolute atomic E-state index is 11.8. The highest BCUT2D eigenvalue weighted by Crippen LogP contribution is 2.09. The zero-order valence-electron chi connectivity index (χ0n) is 9.96. The Bertz CT molecular complexity index is 246. The van der Waals surface area contributed by atoms with Gasteiger partial charge in [0.25, 0.3) is 0 Å². The average Bonchev–Trinajstić information content (AvgIpc) is 2.43. The molecule has 1 unspecified atom stereocenters. The zero-order chi connectivity index (χ0) is 12.0. The highest BCUT2D eigenvalue weighted by molar-refractivity contribution is 5.79. The second-order valence-electron chi connectivity index (χ2n) is 4.48. The lowest BCUT2D eigenvalue weighted by Gasteiger charge is -2.23. The second-order valence-corrected chi connectivity index (χ2v) is 4.48. The van der Waals surface area contributed by atoms with Gasteiger partial charge in [0.05, 0.1) is 5.84 Å². The second kappa shape index (κ2) is 6.35. The number of nitrogens with two attached hydrogens (primary N) is 1. The van der Waals surface area contributed by atoms with Crippen molar-refractivity contribution in [1.82, 2.24) is 10.2 Å². The molecule has 5 nitrogen and oxygen atoms in total. The van der Waals surface area contributed by atoms with Crippen LogP contribution >= 0.6 is 0 Å². The number of amidine groups is 1. The van der Waals surface area contributed by atoms with Crippen LogP contribution in [0.5, 0.6) is 0 Å². The fourth-order valence-electron chi connectivity index (χ4n) is 1.96. The third kappa shape index (κ3) is 4.51. The van der Waals surface area contributed by atoms with Gasteiger partial charge >= 0.3 is 6.03 Å². The molecule has 0 saturated carbocycles. The van der Waals surface area contributed by atoms with Crippen molar-refractivity contribution in [2.75, 3.05) is 13.1 Å². The van der Waals surface area contributed by atoms with Crippen molar-refractivity contribution in [3.05, 3.63) is 0 Å². The lowest BCUT2D eigenvalue weighted by Crippen LogP contribution is -2.45. The number of amides is 2. The minimum atomic E-state index is -0.0618. The van der Waals surface area contributed by atoms with Crippen LogP contribution < -0.4 is 11.1 Å². The molecule has 0 aromatic rings. The van der Waals surface area contributed by atoms with E-state index in [1.807, 2.05) is 11.8 Å². The van der Waals surface area contributed by atoms with E-state index >= 15 is 0 Å². The molecule has 1 rings (SSSR count). The molecule has 1 fully saturated rings. The Balaban J connectivity index is 2.34. The Labute approximate surface area is 96.9 Å². The summed E-state index contributed by atoms with van der Waals surface area (Å²) in [6.45, 7) is 3.56. The van der Waals surface area contributed by atoms with Crippen molar-refractivity contribution in [2.45, 2.75) is 45.1 Å². The van der Waals surface area contributed by atoms with Crippen molar-refractivity contribution in [2.24, 2.45) is 5.73 Å². The molecule has 0 spiro atoms. The molecule has 1 aliphatic heterocycles. The molecule has 1 aliphatic rings. The van der Waals surface area contributed by atoms with Gasteiger partial charge in [-0.05, 0) is 19.8 Å². The van der Waals surface area contributed by atoms with E-state index in [-0.39, 0.29) is 17.9 Å². The molecule has 1 atom stereocenters. The number of hydrogen-bond donors (Lipinski definition) is 3. The monoisotopic (exact) mass is 226 g/mol. The minimum Gasteiger partial charge on any atom is -0.388 e. The molecule has 0 aromatic carbocycles. The Morgan fingerprint density at radius 2 is 1.94 bits per heavy atom. The fraction of sp³-hybridized carbons (Fsp3) is 0.818. The molecule has 1 heterocycles. The zero-order valence-corrected chi connectivity index (χ0v) is 9.96. The normalized spacial score (nSPS) is 18.7. The van der Waals surface area contributed by atoms with E-state index in [4.69, 9.17) is 11.1 Å². The summed E-state index contributed by atoms with van der Waals surface area (Å²) < 4.78 is 0. The van der Waals surface area contributed by atoms with Crippen LogP contribution in [0.1, 0.15) is 39.0 Å². The molecule has 0 aliphatic carbocycles. The van der Waals surface area contributed by atoms with Crippen LogP contribution in [-0.4, -0.2) is 35.9 Å². The van der Waals surface area contributed by atoms with Gasteiger partial charge in [0.2, 0.25) is 0 Å². The number of nitrogens with one attached hydrogen (secondary N) is 2. The third-order valence-corrected chi connectivity index (χ3v) is 2.79. The summed E-state index contributed by atoms with van der Waals surface area (Å²) in [5.74, 6) is 0.115. The van der Waals surface area contributed by atoms with Crippen LogP contribution in [0.25, 0.3) is 0 Å². The topological polar surface area (TPSA) is 82.2 Å².